The number of hydrogen-bond donors (Lipinski definition) is 1. The van der Waals surface area contributed by atoms with Crippen LogP contribution >= 0.6 is 0 Å². The van der Waals surface area contributed by atoms with Gasteiger partial charge in [0.1, 0.15) is 11.6 Å². The third-order valence-electron chi connectivity index (χ3n) is 2.86. The van der Waals surface area contributed by atoms with Gasteiger partial charge in [0.15, 0.2) is 0 Å². The van der Waals surface area contributed by atoms with E-state index in [1.54, 1.807) is 20.8 Å². The molecule has 1 amide bonds. The number of nitrogens with zero attached hydrogens (tertiary/aromatic N) is 2. The average molecular weight is 283 g/mol. The van der Waals surface area contributed by atoms with E-state index in [4.69, 9.17) is 10.00 Å². The summed E-state index contributed by atoms with van der Waals surface area (Å²) in [6, 6.07) is 1.13. The van der Waals surface area contributed by atoms with Gasteiger partial charge in [-0.25, -0.2) is 4.79 Å². The molecule has 20 heavy (non-hydrogen) atoms. The summed E-state index contributed by atoms with van der Waals surface area (Å²) in [5, 5.41) is 11.8. The Morgan fingerprint density at radius 2 is 2.10 bits per heavy atom. The molecule has 1 heterocycles. The second kappa shape index (κ2) is 6.57. The molecule has 0 aromatic heterocycles. The summed E-state index contributed by atoms with van der Waals surface area (Å²) in [7, 11) is 1.29. The van der Waals surface area contributed by atoms with Gasteiger partial charge in [0.2, 0.25) is 0 Å². The van der Waals surface area contributed by atoms with Crippen molar-refractivity contribution < 1.29 is 19.1 Å². The van der Waals surface area contributed by atoms with Crippen molar-refractivity contribution in [3.8, 4) is 6.07 Å². The number of hydrogen-bond acceptors (Lipinski definition) is 6. The highest BCUT2D eigenvalue weighted by atomic mass is 16.6. The highest BCUT2D eigenvalue weighted by molar-refractivity contribution is 5.78. The molecule has 0 radical (unpaired) electrons. The maximum atomic E-state index is 12.2. The van der Waals surface area contributed by atoms with Gasteiger partial charge in [-0.2, -0.15) is 5.26 Å². The number of esters is 1. The molecule has 0 spiro atoms. The lowest BCUT2D eigenvalue weighted by atomic mass is 10.1. The summed E-state index contributed by atoms with van der Waals surface area (Å²) >= 11 is 0. The minimum atomic E-state index is -0.625. The topological polar surface area (TPSA) is 91.7 Å². The van der Waals surface area contributed by atoms with Gasteiger partial charge in [-0.15, -0.1) is 0 Å². The first kappa shape index (κ1) is 16.2. The number of piperazine rings is 1. The molecule has 1 N–H and O–H groups in total. The quantitative estimate of drug-likeness (QED) is 0.748. The van der Waals surface area contributed by atoms with Crippen LogP contribution in [0.5, 0.6) is 0 Å². The van der Waals surface area contributed by atoms with Crippen LogP contribution < -0.4 is 5.32 Å². The average Bonchev–Trinajstić information content (AvgIpc) is 2.36. The molecule has 7 heteroatoms. The number of nitriles is 1. The Balaban J connectivity index is 2.81. The van der Waals surface area contributed by atoms with Crippen LogP contribution in [0.3, 0.4) is 0 Å². The number of methoxy groups -OCH3 is 1. The molecule has 0 aromatic carbocycles. The van der Waals surface area contributed by atoms with Gasteiger partial charge < -0.3 is 19.7 Å². The number of carbonyl (C=O) groups is 2. The smallest absolute Gasteiger partial charge is 0.410 e. The Morgan fingerprint density at radius 3 is 2.60 bits per heavy atom. The van der Waals surface area contributed by atoms with Gasteiger partial charge >= 0.3 is 12.1 Å². The number of carbonyl (C=O) groups excluding carboxylic acids is 2. The van der Waals surface area contributed by atoms with Crippen molar-refractivity contribution in [2.45, 2.75) is 44.9 Å². The second-order valence-corrected chi connectivity index (χ2v) is 5.63. The minimum Gasteiger partial charge on any atom is -0.468 e. The summed E-state index contributed by atoms with van der Waals surface area (Å²) < 4.78 is 9.98. The van der Waals surface area contributed by atoms with E-state index in [0.29, 0.717) is 6.54 Å². The van der Waals surface area contributed by atoms with Crippen molar-refractivity contribution in [2.24, 2.45) is 0 Å². The zero-order valence-corrected chi connectivity index (χ0v) is 12.3. The lowest BCUT2D eigenvalue weighted by molar-refractivity contribution is -0.144. The molecule has 1 rings (SSSR count). The predicted molar refractivity (Wildman–Crippen MR) is 70.8 cm³/mol. The molecule has 0 bridgehead atoms. The highest BCUT2D eigenvalue weighted by Gasteiger charge is 2.36. The molecule has 0 aromatic rings. The SMILES string of the molecule is COC(=O)[C@H]1CN(C(=O)OC(C)(C)C)[C@H](CC#N)CN1. The van der Waals surface area contributed by atoms with E-state index in [2.05, 4.69) is 10.1 Å². The van der Waals surface area contributed by atoms with Crippen molar-refractivity contribution in [3.63, 3.8) is 0 Å². The van der Waals surface area contributed by atoms with E-state index in [9.17, 15) is 9.59 Å². The summed E-state index contributed by atoms with van der Waals surface area (Å²) in [5.41, 5.74) is -0.625. The van der Waals surface area contributed by atoms with Crippen molar-refractivity contribution in [1.82, 2.24) is 10.2 Å². The standard InChI is InChI=1S/C13H21N3O4/c1-13(2,3)20-12(18)16-8-10(11(17)19-4)15-7-9(16)5-6-14/h9-10,15H,5,7-8H2,1-4H3/t9-,10-/m1/s1. The van der Waals surface area contributed by atoms with Crippen LogP contribution in [0.25, 0.3) is 0 Å². The van der Waals surface area contributed by atoms with Crippen LogP contribution in [0, 0.1) is 11.3 Å². The fourth-order valence-electron chi connectivity index (χ4n) is 1.93. The van der Waals surface area contributed by atoms with Crippen molar-refractivity contribution >= 4 is 12.1 Å². The molecular formula is C13H21N3O4. The Kier molecular flexibility index (Phi) is 5.34. The Morgan fingerprint density at radius 1 is 1.45 bits per heavy atom. The molecule has 0 unspecified atom stereocenters. The predicted octanol–water partition coefficient (Wildman–Crippen LogP) is 0.651. The molecule has 1 aliphatic heterocycles. The highest BCUT2D eigenvalue weighted by Crippen LogP contribution is 2.16. The largest absolute Gasteiger partial charge is 0.468 e. The maximum absolute atomic E-state index is 12.2. The minimum absolute atomic E-state index is 0.133. The van der Waals surface area contributed by atoms with Gasteiger partial charge in [-0.3, -0.25) is 4.79 Å². The number of rotatable bonds is 2. The number of ether oxygens (including phenoxy) is 2. The van der Waals surface area contributed by atoms with Crippen molar-refractivity contribution in [1.29, 1.82) is 5.26 Å². The summed E-state index contributed by atoms with van der Waals surface area (Å²) in [5.74, 6) is -0.436. The fraction of sp³-hybridized carbons (Fsp3) is 0.769. The molecule has 0 saturated carbocycles. The molecule has 1 aliphatic rings. The van der Waals surface area contributed by atoms with Crippen LogP contribution in [0.15, 0.2) is 0 Å². The first-order chi connectivity index (χ1) is 9.28. The van der Waals surface area contributed by atoms with Crippen LogP contribution in [0.4, 0.5) is 4.79 Å². The third kappa shape index (κ3) is 4.38. The number of amides is 1. The van der Waals surface area contributed by atoms with E-state index < -0.39 is 23.7 Å². The molecule has 1 saturated heterocycles. The van der Waals surface area contributed by atoms with Crippen molar-refractivity contribution in [2.75, 3.05) is 20.2 Å². The van der Waals surface area contributed by atoms with Crippen molar-refractivity contribution in [3.05, 3.63) is 0 Å². The molecule has 0 aliphatic carbocycles. The summed E-state index contributed by atoms with van der Waals surface area (Å²) in [6.07, 6.45) is -0.340. The molecule has 112 valence electrons. The first-order valence-electron chi connectivity index (χ1n) is 6.46. The number of nitrogens with one attached hydrogen (secondary N) is 1. The van der Waals surface area contributed by atoms with Gasteiger partial charge in [0.25, 0.3) is 0 Å². The summed E-state index contributed by atoms with van der Waals surface area (Å²) in [4.78, 5) is 25.1. The van der Waals surface area contributed by atoms with Gasteiger partial charge in [0, 0.05) is 6.54 Å². The van der Waals surface area contributed by atoms with E-state index in [1.165, 1.54) is 12.0 Å². The van der Waals surface area contributed by atoms with Gasteiger partial charge in [-0.05, 0) is 20.8 Å². The lowest BCUT2D eigenvalue weighted by Gasteiger charge is -2.38. The van der Waals surface area contributed by atoms with E-state index in [1.807, 2.05) is 6.07 Å². The van der Waals surface area contributed by atoms with Gasteiger partial charge in [-0.1, -0.05) is 0 Å². The van der Waals surface area contributed by atoms with Gasteiger partial charge in [0.05, 0.1) is 32.2 Å². The van der Waals surface area contributed by atoms with Crippen LogP contribution in [-0.4, -0.2) is 54.8 Å². The second-order valence-electron chi connectivity index (χ2n) is 5.63. The molecule has 7 nitrogen and oxygen atoms in total. The zero-order valence-electron chi connectivity index (χ0n) is 12.3. The zero-order chi connectivity index (χ0) is 15.3. The lowest BCUT2D eigenvalue weighted by Crippen LogP contribution is -2.61. The molecule has 2 atom stereocenters. The van der Waals surface area contributed by atoms with E-state index in [-0.39, 0.29) is 19.0 Å². The van der Waals surface area contributed by atoms with E-state index in [0.717, 1.165) is 0 Å². The fourth-order valence-corrected chi connectivity index (χ4v) is 1.93. The molecular weight excluding hydrogens is 262 g/mol. The normalized spacial score (nSPS) is 22.9. The summed E-state index contributed by atoms with van der Waals surface area (Å²) in [6.45, 7) is 5.79. The maximum Gasteiger partial charge on any atom is 0.410 e. The van der Waals surface area contributed by atoms with E-state index >= 15 is 0 Å². The van der Waals surface area contributed by atoms with Crippen LogP contribution in [0.2, 0.25) is 0 Å². The monoisotopic (exact) mass is 283 g/mol. The van der Waals surface area contributed by atoms with Crippen LogP contribution in [-0.2, 0) is 14.3 Å². The molecule has 1 fully saturated rings. The first-order valence-corrected chi connectivity index (χ1v) is 6.46. The Bertz CT molecular complexity index is 411. The Hall–Kier alpha value is -1.81. The Labute approximate surface area is 118 Å². The third-order valence-corrected chi connectivity index (χ3v) is 2.86. The van der Waals surface area contributed by atoms with Crippen LogP contribution in [0.1, 0.15) is 27.2 Å².